The number of anilines is 2. The zero-order chi connectivity index (χ0) is 20.1. The third kappa shape index (κ3) is 4.80. The molecular weight excluding hydrogens is 372 g/mol. The SMILES string of the molecule is CC(=O)Nc1ccc(SCC(=O)Nc2c(C)nn(-c3ccccc3)c2C)cc1. The second kappa shape index (κ2) is 8.75. The summed E-state index contributed by atoms with van der Waals surface area (Å²) in [5, 5.41) is 10.2. The molecule has 1 heterocycles. The summed E-state index contributed by atoms with van der Waals surface area (Å²) >= 11 is 1.44. The van der Waals surface area contributed by atoms with Crippen LogP contribution in [0.4, 0.5) is 11.4 Å². The summed E-state index contributed by atoms with van der Waals surface area (Å²) in [6, 6.07) is 17.2. The molecular formula is C21H22N4O2S. The van der Waals surface area contributed by atoms with Crippen LogP contribution in [0.3, 0.4) is 0 Å². The zero-order valence-electron chi connectivity index (χ0n) is 16.0. The predicted molar refractivity (Wildman–Crippen MR) is 113 cm³/mol. The van der Waals surface area contributed by atoms with Crippen LogP contribution in [0, 0.1) is 13.8 Å². The Morgan fingerprint density at radius 1 is 1.00 bits per heavy atom. The fourth-order valence-electron chi connectivity index (χ4n) is 2.81. The van der Waals surface area contributed by atoms with Crippen molar-refractivity contribution in [2.45, 2.75) is 25.7 Å². The second-order valence-electron chi connectivity index (χ2n) is 6.34. The van der Waals surface area contributed by atoms with Crippen LogP contribution in [-0.2, 0) is 9.59 Å². The molecule has 0 unspecified atom stereocenters. The van der Waals surface area contributed by atoms with Crippen molar-refractivity contribution >= 4 is 35.0 Å². The van der Waals surface area contributed by atoms with E-state index >= 15 is 0 Å². The molecule has 0 aliphatic carbocycles. The van der Waals surface area contributed by atoms with Crippen LogP contribution >= 0.6 is 11.8 Å². The van der Waals surface area contributed by atoms with Gasteiger partial charge in [0.25, 0.3) is 0 Å². The van der Waals surface area contributed by atoms with Crippen molar-refractivity contribution in [2.75, 3.05) is 16.4 Å². The van der Waals surface area contributed by atoms with Crippen LogP contribution in [-0.4, -0.2) is 27.3 Å². The van der Waals surface area contributed by atoms with Crippen molar-refractivity contribution in [3.8, 4) is 5.69 Å². The Kier molecular flexibility index (Phi) is 6.16. The predicted octanol–water partition coefficient (Wildman–Crippen LogP) is 4.18. The van der Waals surface area contributed by atoms with E-state index in [9.17, 15) is 9.59 Å². The van der Waals surface area contributed by atoms with Crippen LogP contribution in [0.1, 0.15) is 18.3 Å². The maximum atomic E-state index is 12.4. The first kappa shape index (κ1) is 19.7. The average molecular weight is 395 g/mol. The van der Waals surface area contributed by atoms with Crippen LogP contribution < -0.4 is 10.6 Å². The van der Waals surface area contributed by atoms with E-state index in [2.05, 4.69) is 15.7 Å². The Morgan fingerprint density at radius 3 is 2.32 bits per heavy atom. The lowest BCUT2D eigenvalue weighted by Gasteiger charge is -2.08. The third-order valence-electron chi connectivity index (χ3n) is 4.10. The molecule has 0 radical (unpaired) electrons. The smallest absolute Gasteiger partial charge is 0.234 e. The standard InChI is InChI=1S/C21H22N4O2S/c1-14-21(15(2)25(24-14)18-7-5-4-6-8-18)23-20(27)13-28-19-11-9-17(10-12-19)22-16(3)26/h4-12H,13H2,1-3H3,(H,22,26)(H,23,27). The van der Waals surface area contributed by atoms with Gasteiger partial charge in [0, 0.05) is 17.5 Å². The van der Waals surface area contributed by atoms with E-state index in [-0.39, 0.29) is 17.6 Å². The summed E-state index contributed by atoms with van der Waals surface area (Å²) in [6.07, 6.45) is 0. The number of carbonyl (C=O) groups excluding carboxylic acids is 2. The summed E-state index contributed by atoms with van der Waals surface area (Å²) in [7, 11) is 0. The Bertz CT molecular complexity index is 982. The minimum Gasteiger partial charge on any atom is -0.326 e. The van der Waals surface area contributed by atoms with Crippen molar-refractivity contribution in [3.05, 3.63) is 66.0 Å². The number of aromatic nitrogens is 2. The Hall–Kier alpha value is -3.06. The van der Waals surface area contributed by atoms with Crippen molar-refractivity contribution in [3.63, 3.8) is 0 Å². The number of hydrogen-bond acceptors (Lipinski definition) is 4. The quantitative estimate of drug-likeness (QED) is 0.615. The summed E-state index contributed by atoms with van der Waals surface area (Å²) in [5.41, 5.74) is 4.11. The van der Waals surface area contributed by atoms with Gasteiger partial charge in [0.15, 0.2) is 0 Å². The van der Waals surface area contributed by atoms with E-state index in [1.54, 1.807) is 0 Å². The summed E-state index contributed by atoms with van der Waals surface area (Å²) in [4.78, 5) is 24.4. The largest absolute Gasteiger partial charge is 0.326 e. The monoisotopic (exact) mass is 394 g/mol. The second-order valence-corrected chi connectivity index (χ2v) is 7.38. The van der Waals surface area contributed by atoms with Crippen LogP contribution in [0.5, 0.6) is 0 Å². The van der Waals surface area contributed by atoms with E-state index in [0.717, 1.165) is 33.3 Å². The molecule has 0 atom stereocenters. The van der Waals surface area contributed by atoms with Gasteiger partial charge in [-0.15, -0.1) is 11.8 Å². The molecule has 144 valence electrons. The highest BCUT2D eigenvalue weighted by Gasteiger charge is 2.15. The lowest BCUT2D eigenvalue weighted by molar-refractivity contribution is -0.114. The van der Waals surface area contributed by atoms with Gasteiger partial charge in [-0.1, -0.05) is 18.2 Å². The van der Waals surface area contributed by atoms with Gasteiger partial charge < -0.3 is 10.6 Å². The van der Waals surface area contributed by atoms with Gasteiger partial charge in [0.2, 0.25) is 11.8 Å². The number of para-hydroxylation sites is 1. The number of thioether (sulfide) groups is 1. The van der Waals surface area contributed by atoms with Crippen LogP contribution in [0.15, 0.2) is 59.5 Å². The molecule has 0 aliphatic heterocycles. The number of nitrogens with one attached hydrogen (secondary N) is 2. The van der Waals surface area contributed by atoms with Gasteiger partial charge in [0.05, 0.1) is 28.5 Å². The normalized spacial score (nSPS) is 10.5. The van der Waals surface area contributed by atoms with Crippen molar-refractivity contribution in [2.24, 2.45) is 0 Å². The highest BCUT2D eigenvalue weighted by Crippen LogP contribution is 2.24. The maximum absolute atomic E-state index is 12.4. The number of amides is 2. The van der Waals surface area contributed by atoms with E-state index in [1.807, 2.05) is 73.1 Å². The Balaban J connectivity index is 1.62. The highest BCUT2D eigenvalue weighted by atomic mass is 32.2. The Labute approximate surface area is 168 Å². The average Bonchev–Trinajstić information content (AvgIpc) is 2.96. The molecule has 0 aliphatic rings. The van der Waals surface area contributed by atoms with E-state index < -0.39 is 0 Å². The number of rotatable bonds is 6. The molecule has 0 bridgehead atoms. The molecule has 0 saturated carbocycles. The number of nitrogens with zero attached hydrogens (tertiary/aromatic N) is 2. The number of benzene rings is 2. The van der Waals surface area contributed by atoms with Crippen molar-refractivity contribution in [1.29, 1.82) is 0 Å². The van der Waals surface area contributed by atoms with Crippen molar-refractivity contribution in [1.82, 2.24) is 9.78 Å². The first-order valence-corrected chi connectivity index (χ1v) is 9.84. The summed E-state index contributed by atoms with van der Waals surface area (Å²) in [6.45, 7) is 5.29. The van der Waals surface area contributed by atoms with E-state index in [0.29, 0.717) is 0 Å². The fourth-order valence-corrected chi connectivity index (χ4v) is 3.50. The fraction of sp³-hybridized carbons (Fsp3) is 0.190. The molecule has 7 heteroatoms. The maximum Gasteiger partial charge on any atom is 0.234 e. The topological polar surface area (TPSA) is 76.0 Å². The van der Waals surface area contributed by atoms with Gasteiger partial charge in [-0.25, -0.2) is 4.68 Å². The molecule has 2 aromatic carbocycles. The van der Waals surface area contributed by atoms with Crippen LogP contribution in [0.25, 0.3) is 5.69 Å². The minimum absolute atomic E-state index is 0.0882. The molecule has 0 fully saturated rings. The first-order chi connectivity index (χ1) is 13.4. The van der Waals surface area contributed by atoms with Gasteiger partial charge in [-0.2, -0.15) is 5.10 Å². The lowest BCUT2D eigenvalue weighted by atomic mass is 10.3. The summed E-state index contributed by atoms with van der Waals surface area (Å²) in [5.74, 6) is 0.0887. The minimum atomic E-state index is -0.110. The first-order valence-electron chi connectivity index (χ1n) is 8.86. The molecule has 1 aromatic heterocycles. The van der Waals surface area contributed by atoms with Gasteiger partial charge in [-0.3, -0.25) is 9.59 Å². The molecule has 2 amide bonds. The van der Waals surface area contributed by atoms with E-state index in [4.69, 9.17) is 0 Å². The van der Waals surface area contributed by atoms with Crippen LogP contribution in [0.2, 0.25) is 0 Å². The molecule has 28 heavy (non-hydrogen) atoms. The molecule has 0 saturated heterocycles. The van der Waals surface area contributed by atoms with Gasteiger partial charge in [-0.05, 0) is 50.2 Å². The number of hydrogen-bond donors (Lipinski definition) is 2. The Morgan fingerprint density at radius 2 is 1.68 bits per heavy atom. The summed E-state index contributed by atoms with van der Waals surface area (Å²) < 4.78 is 1.83. The lowest BCUT2D eigenvalue weighted by Crippen LogP contribution is -2.15. The van der Waals surface area contributed by atoms with E-state index in [1.165, 1.54) is 18.7 Å². The number of aryl methyl sites for hydroxylation is 1. The molecule has 3 aromatic rings. The number of carbonyl (C=O) groups is 2. The molecule has 0 spiro atoms. The zero-order valence-corrected chi connectivity index (χ0v) is 16.8. The van der Waals surface area contributed by atoms with Gasteiger partial charge >= 0.3 is 0 Å². The molecule has 2 N–H and O–H groups in total. The van der Waals surface area contributed by atoms with Crippen molar-refractivity contribution < 1.29 is 9.59 Å². The highest BCUT2D eigenvalue weighted by molar-refractivity contribution is 8.00. The molecule has 3 rings (SSSR count). The third-order valence-corrected chi connectivity index (χ3v) is 5.11. The molecule has 6 nitrogen and oxygen atoms in total. The van der Waals surface area contributed by atoms with Gasteiger partial charge in [0.1, 0.15) is 0 Å².